The first kappa shape index (κ1) is 32.9. The molecule has 3 aromatic rings. The Bertz CT molecular complexity index is 1450. The Morgan fingerprint density at radius 3 is 2.05 bits per heavy atom. The predicted octanol–water partition coefficient (Wildman–Crippen LogP) is 6.98. The summed E-state index contributed by atoms with van der Waals surface area (Å²) in [5.41, 5.74) is 1.67. The van der Waals surface area contributed by atoms with Gasteiger partial charge >= 0.3 is 0 Å². The normalized spacial score (nSPS) is 12.9. The molecule has 0 saturated heterocycles. The number of hydrogen-bond acceptors (Lipinski definition) is 4. The van der Waals surface area contributed by atoms with E-state index in [2.05, 4.69) is 21.2 Å². The molecule has 3 aromatic carbocycles. The van der Waals surface area contributed by atoms with E-state index in [0.29, 0.717) is 34.1 Å². The maximum absolute atomic E-state index is 14.2. The van der Waals surface area contributed by atoms with Crippen LogP contribution in [0.15, 0.2) is 76.1 Å². The van der Waals surface area contributed by atoms with Crippen molar-refractivity contribution in [1.29, 1.82) is 0 Å². The van der Waals surface area contributed by atoms with Gasteiger partial charge in [-0.15, -0.1) is 0 Å². The smallest absolute Gasteiger partial charge is 0.264 e. The van der Waals surface area contributed by atoms with E-state index in [1.165, 1.54) is 17.0 Å². The monoisotopic (exact) mass is 681 g/mol. The van der Waals surface area contributed by atoms with Crippen molar-refractivity contribution in [1.82, 2.24) is 10.2 Å². The number of sulfonamides is 1. The molecule has 41 heavy (non-hydrogen) atoms. The van der Waals surface area contributed by atoms with Crippen molar-refractivity contribution in [3.8, 4) is 0 Å². The average molecular weight is 683 g/mol. The van der Waals surface area contributed by atoms with Gasteiger partial charge in [0.15, 0.2) is 0 Å². The van der Waals surface area contributed by atoms with E-state index in [1.54, 1.807) is 61.5 Å². The zero-order valence-electron chi connectivity index (χ0n) is 23.4. The highest BCUT2D eigenvalue weighted by atomic mass is 79.9. The summed E-state index contributed by atoms with van der Waals surface area (Å²) in [4.78, 5) is 28.9. The van der Waals surface area contributed by atoms with Crippen LogP contribution in [-0.2, 0) is 26.2 Å². The molecule has 2 amide bonds. The Labute approximate surface area is 261 Å². The molecule has 3 rings (SSSR count). The summed E-state index contributed by atoms with van der Waals surface area (Å²) in [7, 11) is -4.16. The first-order valence-electron chi connectivity index (χ1n) is 13.3. The maximum atomic E-state index is 14.2. The Morgan fingerprint density at radius 1 is 0.927 bits per heavy atom. The lowest BCUT2D eigenvalue weighted by atomic mass is 10.1. The summed E-state index contributed by atoms with van der Waals surface area (Å²) in [6, 6.07) is 17.1. The molecule has 0 unspecified atom stereocenters. The Morgan fingerprint density at radius 2 is 1.51 bits per heavy atom. The number of anilines is 1. The topological polar surface area (TPSA) is 86.8 Å². The van der Waals surface area contributed by atoms with Crippen LogP contribution in [0.1, 0.15) is 44.7 Å². The third kappa shape index (κ3) is 8.25. The van der Waals surface area contributed by atoms with Crippen molar-refractivity contribution in [2.45, 2.75) is 64.1 Å². The zero-order chi connectivity index (χ0) is 30.3. The fraction of sp³-hybridized carbons (Fsp3) is 0.333. The van der Waals surface area contributed by atoms with Crippen molar-refractivity contribution in [3.05, 3.63) is 92.4 Å². The number of nitrogens with zero attached hydrogens (tertiary/aromatic N) is 2. The van der Waals surface area contributed by atoms with Gasteiger partial charge in [-0.1, -0.05) is 76.7 Å². The molecule has 2 atom stereocenters. The Kier molecular flexibility index (Phi) is 11.7. The van der Waals surface area contributed by atoms with Gasteiger partial charge in [0.25, 0.3) is 10.0 Å². The Balaban J connectivity index is 2.09. The van der Waals surface area contributed by atoms with Crippen LogP contribution >= 0.6 is 39.1 Å². The Hall–Kier alpha value is -2.59. The molecule has 0 aromatic heterocycles. The van der Waals surface area contributed by atoms with Crippen molar-refractivity contribution in [2.24, 2.45) is 0 Å². The minimum Gasteiger partial charge on any atom is -0.352 e. The van der Waals surface area contributed by atoms with Crippen LogP contribution in [0, 0.1) is 6.92 Å². The van der Waals surface area contributed by atoms with Gasteiger partial charge in [0.05, 0.1) is 10.6 Å². The van der Waals surface area contributed by atoms with Crippen LogP contribution in [0.4, 0.5) is 5.69 Å². The van der Waals surface area contributed by atoms with Gasteiger partial charge in [-0.2, -0.15) is 0 Å². The molecule has 0 saturated carbocycles. The van der Waals surface area contributed by atoms with Gasteiger partial charge in [-0.25, -0.2) is 8.42 Å². The standard InChI is InChI=1S/C30H34BrCl2N3O4S/c1-5-21(4)34-30(38)28(6-2)35(18-25-26(32)8-7-9-27(25)33)29(37)19-36(23-14-12-22(31)13-15-23)41(39,40)24-16-10-20(3)11-17-24/h7-17,21,28H,5-6,18-19H2,1-4H3,(H,34,38)/t21-,28-/m0/s1. The SMILES string of the molecule is CC[C@H](C)NC(=O)[C@H](CC)N(Cc1c(Cl)cccc1Cl)C(=O)CN(c1ccc(Br)cc1)S(=O)(=O)c1ccc(C)cc1. The highest BCUT2D eigenvalue weighted by Gasteiger charge is 2.34. The minimum atomic E-state index is -4.16. The molecular weight excluding hydrogens is 649 g/mol. The molecule has 0 bridgehead atoms. The van der Waals surface area contributed by atoms with Gasteiger partial charge in [0, 0.05) is 32.7 Å². The summed E-state index contributed by atoms with van der Waals surface area (Å²) in [6.45, 7) is 6.86. The van der Waals surface area contributed by atoms with Crippen LogP contribution in [0.25, 0.3) is 0 Å². The lowest BCUT2D eigenvalue weighted by molar-refractivity contribution is -0.140. The summed E-state index contributed by atoms with van der Waals surface area (Å²) >= 11 is 16.3. The van der Waals surface area contributed by atoms with E-state index >= 15 is 0 Å². The molecule has 220 valence electrons. The van der Waals surface area contributed by atoms with Gasteiger partial charge in [-0.3, -0.25) is 13.9 Å². The van der Waals surface area contributed by atoms with Crippen LogP contribution in [0.3, 0.4) is 0 Å². The van der Waals surface area contributed by atoms with E-state index in [0.717, 1.165) is 14.3 Å². The zero-order valence-corrected chi connectivity index (χ0v) is 27.3. The molecule has 0 spiro atoms. The van der Waals surface area contributed by atoms with Crippen molar-refractivity contribution in [3.63, 3.8) is 0 Å². The van der Waals surface area contributed by atoms with Gasteiger partial charge in [-0.05, 0) is 75.2 Å². The molecule has 0 fully saturated rings. The molecule has 0 aliphatic carbocycles. The van der Waals surface area contributed by atoms with Crippen LogP contribution in [0.2, 0.25) is 10.0 Å². The molecule has 1 N–H and O–H groups in total. The maximum Gasteiger partial charge on any atom is 0.264 e. The fourth-order valence-corrected chi connectivity index (χ4v) is 6.38. The summed E-state index contributed by atoms with van der Waals surface area (Å²) < 4.78 is 29.7. The van der Waals surface area contributed by atoms with Gasteiger partial charge < -0.3 is 10.2 Å². The third-order valence-electron chi connectivity index (χ3n) is 6.78. The number of halogens is 3. The molecule has 7 nitrogen and oxygen atoms in total. The first-order chi connectivity index (χ1) is 19.4. The number of carbonyl (C=O) groups excluding carboxylic acids is 2. The van der Waals surface area contributed by atoms with E-state index in [9.17, 15) is 18.0 Å². The predicted molar refractivity (Wildman–Crippen MR) is 169 cm³/mol. The number of nitrogens with one attached hydrogen (secondary N) is 1. The number of hydrogen-bond donors (Lipinski definition) is 1. The van der Waals surface area contributed by atoms with Gasteiger partial charge in [0.2, 0.25) is 11.8 Å². The van der Waals surface area contributed by atoms with E-state index in [-0.39, 0.29) is 23.4 Å². The lowest BCUT2D eigenvalue weighted by Gasteiger charge is -2.34. The van der Waals surface area contributed by atoms with Crippen LogP contribution < -0.4 is 9.62 Å². The van der Waals surface area contributed by atoms with Crippen molar-refractivity contribution in [2.75, 3.05) is 10.8 Å². The highest BCUT2D eigenvalue weighted by Crippen LogP contribution is 2.29. The fourth-order valence-electron chi connectivity index (χ4n) is 4.19. The first-order valence-corrected chi connectivity index (χ1v) is 16.3. The highest BCUT2D eigenvalue weighted by molar-refractivity contribution is 9.10. The largest absolute Gasteiger partial charge is 0.352 e. The van der Waals surface area contributed by atoms with Gasteiger partial charge in [0.1, 0.15) is 12.6 Å². The number of aryl methyl sites for hydroxylation is 1. The number of amides is 2. The molecule has 0 radical (unpaired) electrons. The summed E-state index contributed by atoms with van der Waals surface area (Å²) in [5, 5.41) is 3.62. The van der Waals surface area contributed by atoms with E-state index in [1.807, 2.05) is 20.8 Å². The number of rotatable bonds is 12. The van der Waals surface area contributed by atoms with Crippen LogP contribution in [-0.4, -0.2) is 43.8 Å². The van der Waals surface area contributed by atoms with Crippen LogP contribution in [0.5, 0.6) is 0 Å². The molecule has 0 heterocycles. The van der Waals surface area contributed by atoms with E-state index < -0.39 is 28.5 Å². The number of benzene rings is 3. The summed E-state index contributed by atoms with van der Waals surface area (Å²) in [5.74, 6) is -0.916. The molecule has 11 heteroatoms. The molecular formula is C30H34BrCl2N3O4S. The second-order valence-corrected chi connectivity index (χ2v) is 13.4. The molecule has 0 aliphatic heterocycles. The van der Waals surface area contributed by atoms with Crippen molar-refractivity contribution < 1.29 is 18.0 Å². The second kappa shape index (κ2) is 14.5. The lowest BCUT2D eigenvalue weighted by Crippen LogP contribution is -2.53. The molecule has 0 aliphatic rings. The minimum absolute atomic E-state index is 0.0427. The third-order valence-corrected chi connectivity index (χ3v) is 9.80. The number of carbonyl (C=O) groups is 2. The van der Waals surface area contributed by atoms with E-state index in [4.69, 9.17) is 23.2 Å². The van der Waals surface area contributed by atoms with Crippen molar-refractivity contribution >= 4 is 66.7 Å². The average Bonchev–Trinajstić information content (AvgIpc) is 2.93. The second-order valence-electron chi connectivity index (χ2n) is 9.76. The quantitative estimate of drug-likeness (QED) is 0.223. The summed E-state index contributed by atoms with van der Waals surface area (Å²) in [6.07, 6.45) is 0.998.